The number of pyridine rings is 1. The van der Waals surface area contributed by atoms with Gasteiger partial charge >= 0.3 is 6.09 Å². The van der Waals surface area contributed by atoms with E-state index < -0.39 is 23.1 Å². The molecular weight excluding hydrogens is 361 g/mol. The smallest absolute Gasteiger partial charge is 0.408 e. The molecule has 2 rings (SSSR count). The molecule has 1 aromatic rings. The van der Waals surface area contributed by atoms with Crippen molar-refractivity contribution in [2.45, 2.75) is 51.2 Å². The van der Waals surface area contributed by atoms with Crippen LogP contribution >= 0.6 is 11.6 Å². The third-order valence-corrected chi connectivity index (χ3v) is 4.24. The molecule has 1 fully saturated rings. The van der Waals surface area contributed by atoms with Crippen LogP contribution < -0.4 is 10.7 Å². The summed E-state index contributed by atoms with van der Waals surface area (Å²) in [6.07, 6.45) is 2.68. The van der Waals surface area contributed by atoms with Gasteiger partial charge < -0.3 is 15.5 Å². The predicted octanol–water partition coefficient (Wildman–Crippen LogP) is 3.26. The monoisotopic (exact) mass is 383 g/mol. The Morgan fingerprint density at radius 2 is 2.12 bits per heavy atom. The minimum Gasteiger partial charge on any atom is -0.444 e. The minimum absolute atomic E-state index is 0.0312. The van der Waals surface area contributed by atoms with Gasteiger partial charge in [0.25, 0.3) is 0 Å². The van der Waals surface area contributed by atoms with E-state index in [4.69, 9.17) is 21.7 Å². The first-order valence-electron chi connectivity index (χ1n) is 8.25. The summed E-state index contributed by atoms with van der Waals surface area (Å²) in [6.45, 7) is 5.29. The van der Waals surface area contributed by atoms with Gasteiger partial charge in [-0.2, -0.15) is 5.10 Å². The van der Waals surface area contributed by atoms with Crippen LogP contribution in [-0.4, -0.2) is 40.7 Å². The highest BCUT2D eigenvalue weighted by atomic mass is 35.5. The van der Waals surface area contributed by atoms with Gasteiger partial charge in [0, 0.05) is 18.8 Å². The third kappa shape index (κ3) is 4.30. The quantitative estimate of drug-likeness (QED) is 0.412. The molecular formula is C17H23ClFN5O2. The number of alkyl carbamates (subject to hydrolysis) is 1. The van der Waals surface area contributed by atoms with E-state index >= 15 is 0 Å². The highest BCUT2D eigenvalue weighted by Crippen LogP contribution is 2.35. The zero-order chi connectivity index (χ0) is 19.5. The normalized spacial score (nSPS) is 16.5. The molecule has 1 saturated carbocycles. The maximum atomic E-state index is 14.3. The molecule has 3 N–H and O–H groups in total. The molecule has 1 aliphatic rings. The van der Waals surface area contributed by atoms with Crippen molar-refractivity contribution in [2.24, 2.45) is 5.10 Å². The number of carbonyl (C=O) groups excluding carboxylic acids is 1. The molecule has 0 aliphatic heterocycles. The molecule has 0 unspecified atom stereocenters. The number of rotatable bonds is 5. The first kappa shape index (κ1) is 20.1. The predicted molar refractivity (Wildman–Crippen MR) is 98.5 cm³/mol. The number of nitrogens with zero attached hydrogens (tertiary/aromatic N) is 2. The van der Waals surface area contributed by atoms with E-state index in [1.165, 1.54) is 12.3 Å². The molecule has 1 amide bonds. The number of nitrogens with one attached hydrogen (secondary N) is 3. The molecule has 1 aliphatic carbocycles. The van der Waals surface area contributed by atoms with Crippen molar-refractivity contribution in [2.75, 3.05) is 7.05 Å². The first-order chi connectivity index (χ1) is 12.1. The van der Waals surface area contributed by atoms with E-state index in [0.29, 0.717) is 12.8 Å². The van der Waals surface area contributed by atoms with Gasteiger partial charge in [-0.25, -0.2) is 14.2 Å². The topological polar surface area (TPSA) is 99.5 Å². The lowest BCUT2D eigenvalue weighted by molar-refractivity contribution is 0.0447. The Balaban J connectivity index is 2.35. The molecule has 0 radical (unpaired) electrons. The summed E-state index contributed by atoms with van der Waals surface area (Å²) in [5.74, 6) is -0.797. The van der Waals surface area contributed by atoms with Crippen LogP contribution in [-0.2, 0) is 4.74 Å². The summed E-state index contributed by atoms with van der Waals surface area (Å²) < 4.78 is 19.6. The third-order valence-electron chi connectivity index (χ3n) is 3.98. The second-order valence-electron chi connectivity index (χ2n) is 7.08. The van der Waals surface area contributed by atoms with Gasteiger partial charge in [-0.05, 0) is 46.1 Å². The van der Waals surface area contributed by atoms with Crippen LogP contribution in [0.3, 0.4) is 0 Å². The van der Waals surface area contributed by atoms with Gasteiger partial charge in [0.2, 0.25) is 0 Å². The molecule has 26 heavy (non-hydrogen) atoms. The molecule has 1 aromatic heterocycles. The van der Waals surface area contributed by atoms with Crippen LogP contribution in [0.15, 0.2) is 17.4 Å². The van der Waals surface area contributed by atoms with E-state index in [0.717, 1.165) is 6.42 Å². The molecule has 9 heteroatoms. The van der Waals surface area contributed by atoms with E-state index in [1.807, 2.05) is 0 Å². The van der Waals surface area contributed by atoms with Crippen molar-refractivity contribution < 1.29 is 13.9 Å². The van der Waals surface area contributed by atoms with E-state index in [9.17, 15) is 9.18 Å². The average Bonchev–Trinajstić information content (AvgIpc) is 2.49. The molecule has 142 valence electrons. The SMILES string of the molecule is CN/N=C(\C(=N)c1ccnc(Cl)c1F)C1(NC(=O)OC(C)(C)C)CCC1. The van der Waals surface area contributed by atoms with Crippen LogP contribution in [0.2, 0.25) is 5.15 Å². The van der Waals surface area contributed by atoms with Crippen LogP contribution in [0.4, 0.5) is 9.18 Å². The van der Waals surface area contributed by atoms with Crippen LogP contribution in [0.1, 0.15) is 45.6 Å². The number of aromatic nitrogens is 1. The Kier molecular flexibility index (Phi) is 5.85. The maximum Gasteiger partial charge on any atom is 0.408 e. The maximum absolute atomic E-state index is 14.3. The van der Waals surface area contributed by atoms with Gasteiger partial charge in [0.05, 0.1) is 11.3 Å². The first-order valence-corrected chi connectivity index (χ1v) is 8.63. The Labute approximate surface area is 156 Å². The number of hydrogen-bond acceptors (Lipinski definition) is 6. The van der Waals surface area contributed by atoms with Gasteiger partial charge in [-0.3, -0.25) is 5.41 Å². The van der Waals surface area contributed by atoms with Gasteiger partial charge in [0.15, 0.2) is 11.0 Å². The molecule has 0 spiro atoms. The summed E-state index contributed by atoms with van der Waals surface area (Å²) in [7, 11) is 1.57. The van der Waals surface area contributed by atoms with Gasteiger partial charge in [-0.15, -0.1) is 0 Å². The molecule has 0 atom stereocenters. The molecule has 1 heterocycles. The zero-order valence-corrected chi connectivity index (χ0v) is 16.0. The van der Waals surface area contributed by atoms with Crippen molar-refractivity contribution in [3.8, 4) is 0 Å². The van der Waals surface area contributed by atoms with Crippen molar-refractivity contribution in [3.05, 3.63) is 28.8 Å². The zero-order valence-electron chi connectivity index (χ0n) is 15.2. The molecule has 7 nitrogen and oxygen atoms in total. The summed E-state index contributed by atoms with van der Waals surface area (Å²) in [5.41, 5.74) is 1.09. The lowest BCUT2D eigenvalue weighted by atomic mass is 9.71. The molecule has 0 bridgehead atoms. The Morgan fingerprint density at radius 3 is 2.62 bits per heavy atom. The number of hydrogen-bond donors (Lipinski definition) is 3. The lowest BCUT2D eigenvalue weighted by Crippen LogP contribution is -2.62. The minimum atomic E-state index is -0.898. The highest BCUT2D eigenvalue weighted by Gasteiger charge is 2.46. The fourth-order valence-corrected chi connectivity index (χ4v) is 2.86. The standard InChI is InChI=1S/C17H23ClFN5O2/c1-16(2,3)26-15(25)23-17(7-5-8-17)13(24-21-4)12(20)10-6-9-22-14(18)11(10)19/h6,9,20-21H,5,7-8H2,1-4H3,(H,23,25)/b20-12?,24-13+. The molecule has 0 saturated heterocycles. The summed E-state index contributed by atoms with van der Waals surface area (Å²) in [6, 6.07) is 1.36. The van der Waals surface area contributed by atoms with Crippen LogP contribution in [0, 0.1) is 11.2 Å². The summed E-state index contributed by atoms with van der Waals surface area (Å²) in [4.78, 5) is 15.9. The number of ether oxygens (including phenoxy) is 1. The number of amides is 1. The van der Waals surface area contributed by atoms with Crippen molar-refractivity contribution in [1.29, 1.82) is 5.41 Å². The van der Waals surface area contributed by atoms with Crippen molar-refractivity contribution >= 4 is 29.1 Å². The van der Waals surface area contributed by atoms with Gasteiger partial charge in [-0.1, -0.05) is 11.6 Å². The Morgan fingerprint density at radius 1 is 1.46 bits per heavy atom. The number of hydrazone groups is 1. The summed E-state index contributed by atoms with van der Waals surface area (Å²) in [5, 5.41) is 15.1. The van der Waals surface area contributed by atoms with Crippen molar-refractivity contribution in [1.82, 2.24) is 15.7 Å². The fraction of sp³-hybridized carbons (Fsp3) is 0.529. The van der Waals surface area contributed by atoms with E-state index in [-0.39, 0.29) is 22.1 Å². The number of carbonyl (C=O) groups is 1. The second-order valence-corrected chi connectivity index (χ2v) is 7.44. The lowest BCUT2D eigenvalue weighted by Gasteiger charge is -2.43. The van der Waals surface area contributed by atoms with E-state index in [1.54, 1.807) is 27.8 Å². The fourth-order valence-electron chi connectivity index (χ4n) is 2.70. The van der Waals surface area contributed by atoms with Crippen LogP contribution in [0.5, 0.6) is 0 Å². The highest BCUT2D eigenvalue weighted by molar-refractivity contribution is 6.50. The van der Waals surface area contributed by atoms with Crippen molar-refractivity contribution in [3.63, 3.8) is 0 Å². The number of halogens is 2. The average molecular weight is 384 g/mol. The van der Waals surface area contributed by atoms with Crippen LogP contribution in [0.25, 0.3) is 0 Å². The Bertz CT molecular complexity index is 741. The Hall–Kier alpha value is -2.22. The largest absolute Gasteiger partial charge is 0.444 e. The second kappa shape index (κ2) is 7.57. The van der Waals surface area contributed by atoms with E-state index in [2.05, 4.69) is 20.8 Å². The van der Waals surface area contributed by atoms with Gasteiger partial charge in [0.1, 0.15) is 11.3 Å². The summed E-state index contributed by atoms with van der Waals surface area (Å²) >= 11 is 5.73. The molecule has 0 aromatic carbocycles.